The molecule has 4 rings (SSSR count). The molecule has 1 saturated heterocycles. The zero-order valence-electron chi connectivity index (χ0n) is 17.6. The van der Waals surface area contributed by atoms with Crippen LogP contribution in [0.25, 0.3) is 5.76 Å². The maximum atomic E-state index is 14.7. The molecule has 1 N–H and O–H groups in total. The predicted molar refractivity (Wildman–Crippen MR) is 115 cm³/mol. The number of benzene rings is 2. The monoisotopic (exact) mass is 452 g/mol. The summed E-state index contributed by atoms with van der Waals surface area (Å²) >= 11 is 0. The summed E-state index contributed by atoms with van der Waals surface area (Å²) in [6, 6.07) is 8.88. The number of hydrogen-bond acceptors (Lipinski definition) is 6. The molecule has 1 unspecified atom stereocenters. The zero-order valence-corrected chi connectivity index (χ0v) is 17.6. The van der Waals surface area contributed by atoms with E-state index in [9.17, 15) is 23.5 Å². The van der Waals surface area contributed by atoms with Crippen molar-refractivity contribution in [2.24, 2.45) is 0 Å². The van der Waals surface area contributed by atoms with Crippen molar-refractivity contribution in [3.63, 3.8) is 0 Å². The molecule has 1 aliphatic rings. The average Bonchev–Trinajstić information content (AvgIpc) is 3.10. The summed E-state index contributed by atoms with van der Waals surface area (Å²) in [5.74, 6) is -3.78. The van der Waals surface area contributed by atoms with E-state index in [1.807, 2.05) is 0 Å². The van der Waals surface area contributed by atoms with E-state index in [1.165, 1.54) is 50.9 Å². The van der Waals surface area contributed by atoms with Crippen LogP contribution in [0.3, 0.4) is 0 Å². The minimum Gasteiger partial charge on any atom is -0.507 e. The van der Waals surface area contributed by atoms with E-state index in [2.05, 4.69) is 4.98 Å². The second-order valence-electron chi connectivity index (χ2n) is 7.11. The van der Waals surface area contributed by atoms with Gasteiger partial charge < -0.3 is 14.6 Å². The Bertz CT molecular complexity index is 1280. The Labute approximate surface area is 187 Å². The van der Waals surface area contributed by atoms with Gasteiger partial charge in [-0.3, -0.25) is 19.5 Å². The smallest absolute Gasteiger partial charge is 0.300 e. The van der Waals surface area contributed by atoms with Gasteiger partial charge in [-0.25, -0.2) is 8.78 Å². The summed E-state index contributed by atoms with van der Waals surface area (Å²) in [4.78, 5) is 30.9. The molecule has 0 aliphatic carbocycles. The largest absolute Gasteiger partial charge is 0.507 e. The summed E-state index contributed by atoms with van der Waals surface area (Å²) in [5, 5.41) is 11.2. The number of rotatable bonds is 5. The molecule has 1 aromatic heterocycles. The van der Waals surface area contributed by atoms with Gasteiger partial charge in [-0.2, -0.15) is 0 Å². The number of aliphatic hydroxyl groups is 1. The number of methoxy groups -OCH3 is 2. The summed E-state index contributed by atoms with van der Waals surface area (Å²) in [7, 11) is 2.82. The number of ether oxygens (including phenoxy) is 2. The average molecular weight is 452 g/mol. The summed E-state index contributed by atoms with van der Waals surface area (Å²) in [5.41, 5.74) is -0.255. The number of ketones is 1. The Morgan fingerprint density at radius 3 is 2.39 bits per heavy atom. The first-order valence-electron chi connectivity index (χ1n) is 9.75. The van der Waals surface area contributed by atoms with Crippen LogP contribution in [0.4, 0.5) is 14.5 Å². The fourth-order valence-corrected chi connectivity index (χ4v) is 3.75. The van der Waals surface area contributed by atoms with Crippen LogP contribution >= 0.6 is 0 Å². The number of aromatic nitrogens is 1. The summed E-state index contributed by atoms with van der Waals surface area (Å²) < 4.78 is 39.1. The normalized spacial score (nSPS) is 17.3. The number of anilines is 1. The van der Waals surface area contributed by atoms with Crippen molar-refractivity contribution in [3.05, 3.63) is 89.3 Å². The topological polar surface area (TPSA) is 89.0 Å². The van der Waals surface area contributed by atoms with Crippen molar-refractivity contribution in [3.8, 4) is 11.5 Å². The third-order valence-electron chi connectivity index (χ3n) is 5.30. The molecule has 1 atom stereocenters. The number of Topliss-reactive ketones (excluding diaryl/α,β-unsaturated/α-hetero) is 1. The quantitative estimate of drug-likeness (QED) is 0.358. The Kier molecular flexibility index (Phi) is 5.78. The van der Waals surface area contributed by atoms with Gasteiger partial charge in [-0.15, -0.1) is 0 Å². The Morgan fingerprint density at radius 1 is 1.00 bits per heavy atom. The second-order valence-corrected chi connectivity index (χ2v) is 7.11. The molecule has 0 saturated carbocycles. The van der Waals surface area contributed by atoms with Gasteiger partial charge in [0.2, 0.25) is 0 Å². The highest BCUT2D eigenvalue weighted by molar-refractivity contribution is 6.51. The zero-order chi connectivity index (χ0) is 23.7. The van der Waals surface area contributed by atoms with Gasteiger partial charge >= 0.3 is 0 Å². The highest BCUT2D eigenvalue weighted by Gasteiger charge is 2.48. The van der Waals surface area contributed by atoms with Crippen molar-refractivity contribution in [2.75, 3.05) is 19.1 Å². The van der Waals surface area contributed by atoms with E-state index in [-0.39, 0.29) is 16.9 Å². The number of hydrogen-bond donors (Lipinski definition) is 1. The molecule has 9 heteroatoms. The van der Waals surface area contributed by atoms with Crippen LogP contribution in [-0.2, 0) is 9.59 Å². The SMILES string of the molecule is COc1ccc(/C(O)=C2/C(=O)C(=O)N(c3cc(F)ccc3F)C2c2ccncc2)c(OC)c1. The molecular formula is C24H18F2N2O5. The number of carbonyl (C=O) groups excluding carboxylic acids is 2. The van der Waals surface area contributed by atoms with Gasteiger partial charge in [-0.1, -0.05) is 0 Å². The first-order valence-corrected chi connectivity index (χ1v) is 9.75. The first kappa shape index (κ1) is 21.9. The molecule has 1 aliphatic heterocycles. The molecule has 168 valence electrons. The molecule has 2 heterocycles. The Morgan fingerprint density at radius 2 is 1.73 bits per heavy atom. The van der Waals surface area contributed by atoms with Crippen molar-refractivity contribution >= 4 is 23.1 Å². The van der Waals surface area contributed by atoms with Gasteiger partial charge in [0.1, 0.15) is 28.9 Å². The van der Waals surface area contributed by atoms with E-state index in [0.29, 0.717) is 11.3 Å². The fourth-order valence-electron chi connectivity index (χ4n) is 3.75. The maximum Gasteiger partial charge on any atom is 0.300 e. The van der Waals surface area contributed by atoms with E-state index < -0.39 is 40.8 Å². The third-order valence-corrected chi connectivity index (χ3v) is 5.30. The first-order chi connectivity index (χ1) is 15.9. The van der Waals surface area contributed by atoms with E-state index in [4.69, 9.17) is 9.47 Å². The summed E-state index contributed by atoms with van der Waals surface area (Å²) in [6.45, 7) is 0. The lowest BCUT2D eigenvalue weighted by atomic mass is 9.95. The molecule has 1 fully saturated rings. The lowest BCUT2D eigenvalue weighted by molar-refractivity contribution is -0.132. The van der Waals surface area contributed by atoms with Crippen molar-refractivity contribution in [1.29, 1.82) is 0 Å². The maximum absolute atomic E-state index is 14.7. The highest BCUT2D eigenvalue weighted by Crippen LogP contribution is 2.44. The summed E-state index contributed by atoms with van der Waals surface area (Å²) in [6.07, 6.45) is 2.84. The molecule has 0 radical (unpaired) electrons. The molecule has 2 aromatic carbocycles. The number of amides is 1. The fraction of sp³-hybridized carbons (Fsp3) is 0.125. The minimum atomic E-state index is -1.24. The van der Waals surface area contributed by atoms with Gasteiger partial charge in [-0.05, 0) is 42.0 Å². The molecule has 0 spiro atoms. The van der Waals surface area contributed by atoms with E-state index >= 15 is 0 Å². The molecule has 7 nitrogen and oxygen atoms in total. The van der Waals surface area contributed by atoms with Gasteiger partial charge in [0.15, 0.2) is 0 Å². The van der Waals surface area contributed by atoms with Crippen molar-refractivity contribution in [1.82, 2.24) is 4.98 Å². The Balaban J connectivity index is 1.98. The van der Waals surface area contributed by atoms with Crippen LogP contribution in [0.15, 0.2) is 66.5 Å². The van der Waals surface area contributed by atoms with Crippen molar-refractivity contribution < 1.29 is 33.0 Å². The van der Waals surface area contributed by atoms with E-state index in [1.54, 1.807) is 6.07 Å². The van der Waals surface area contributed by atoms with Gasteiger partial charge in [0, 0.05) is 24.5 Å². The second kappa shape index (κ2) is 8.70. The lowest BCUT2D eigenvalue weighted by Gasteiger charge is -2.25. The molecule has 3 aromatic rings. The van der Waals surface area contributed by atoms with Crippen LogP contribution in [-0.4, -0.2) is 36.0 Å². The number of nitrogens with zero attached hydrogens (tertiary/aromatic N) is 2. The van der Waals surface area contributed by atoms with Gasteiger partial charge in [0.25, 0.3) is 11.7 Å². The van der Waals surface area contributed by atoms with Crippen LogP contribution < -0.4 is 14.4 Å². The molecule has 0 bridgehead atoms. The van der Waals surface area contributed by atoms with Crippen LogP contribution in [0, 0.1) is 11.6 Å². The number of halogens is 2. The van der Waals surface area contributed by atoms with Crippen LogP contribution in [0.5, 0.6) is 11.5 Å². The van der Waals surface area contributed by atoms with E-state index in [0.717, 1.165) is 23.1 Å². The minimum absolute atomic E-state index is 0.120. The Hall–Kier alpha value is -4.27. The number of carbonyl (C=O) groups is 2. The third kappa shape index (κ3) is 3.78. The van der Waals surface area contributed by atoms with Crippen molar-refractivity contribution in [2.45, 2.75) is 6.04 Å². The number of aliphatic hydroxyl groups excluding tert-OH is 1. The number of pyridine rings is 1. The molecule has 1 amide bonds. The molecular weight excluding hydrogens is 434 g/mol. The molecule has 33 heavy (non-hydrogen) atoms. The standard InChI is InChI=1S/C24H18F2N2O5/c1-32-15-4-5-16(19(12-15)33-2)22(29)20-21(13-7-9-27-10-8-13)28(24(31)23(20)30)18-11-14(25)3-6-17(18)26/h3-12,21,29H,1-2H3/b22-20-. The van der Waals surface area contributed by atoms with Gasteiger partial charge in [0.05, 0.1) is 37.1 Å². The highest BCUT2D eigenvalue weighted by atomic mass is 19.1. The van der Waals surface area contributed by atoms with Crippen LogP contribution in [0.2, 0.25) is 0 Å². The lowest BCUT2D eigenvalue weighted by Crippen LogP contribution is -2.30. The van der Waals surface area contributed by atoms with Crippen LogP contribution in [0.1, 0.15) is 17.2 Å². The predicted octanol–water partition coefficient (Wildman–Crippen LogP) is 4.00.